The van der Waals surface area contributed by atoms with Crippen molar-refractivity contribution in [3.63, 3.8) is 0 Å². The summed E-state index contributed by atoms with van der Waals surface area (Å²) in [5.74, 6) is 1.91. The molecule has 4 heteroatoms. The van der Waals surface area contributed by atoms with Crippen molar-refractivity contribution >= 4 is 11.0 Å². The molecule has 2 heterocycles. The summed E-state index contributed by atoms with van der Waals surface area (Å²) in [5, 5.41) is 0. The van der Waals surface area contributed by atoms with E-state index < -0.39 is 0 Å². The summed E-state index contributed by atoms with van der Waals surface area (Å²) in [6, 6.07) is 11.9. The lowest BCUT2D eigenvalue weighted by Gasteiger charge is -2.17. The van der Waals surface area contributed by atoms with Crippen LogP contribution in [0, 0.1) is 0 Å². The van der Waals surface area contributed by atoms with E-state index in [1.165, 1.54) is 0 Å². The number of imidazole rings is 1. The fourth-order valence-electron chi connectivity index (χ4n) is 2.28. The van der Waals surface area contributed by atoms with Crippen LogP contribution >= 0.6 is 0 Å². The SMILES string of the molecule is C=CCN(Cc1nc2ccccc2[nH]1)Cc1ccco1. The van der Waals surface area contributed by atoms with Crippen molar-refractivity contribution < 1.29 is 4.42 Å². The number of rotatable bonds is 6. The summed E-state index contributed by atoms with van der Waals surface area (Å²) in [7, 11) is 0. The molecule has 0 aliphatic rings. The summed E-state index contributed by atoms with van der Waals surface area (Å²) in [6.07, 6.45) is 3.59. The topological polar surface area (TPSA) is 45.1 Å². The average molecular weight is 267 g/mol. The first-order valence-electron chi connectivity index (χ1n) is 6.64. The summed E-state index contributed by atoms with van der Waals surface area (Å²) < 4.78 is 5.40. The van der Waals surface area contributed by atoms with Gasteiger partial charge in [-0.05, 0) is 24.3 Å². The minimum absolute atomic E-state index is 0.738. The molecule has 0 unspecified atom stereocenters. The molecule has 4 nitrogen and oxygen atoms in total. The predicted octanol–water partition coefficient (Wildman–Crippen LogP) is 3.34. The van der Waals surface area contributed by atoms with E-state index in [-0.39, 0.29) is 0 Å². The van der Waals surface area contributed by atoms with Crippen LogP contribution in [0.3, 0.4) is 0 Å². The molecule has 2 aromatic heterocycles. The van der Waals surface area contributed by atoms with Gasteiger partial charge in [0.15, 0.2) is 0 Å². The normalized spacial score (nSPS) is 11.2. The standard InChI is InChI=1S/C16H17N3O/c1-2-9-19(11-13-6-5-10-20-13)12-16-17-14-7-3-4-8-15(14)18-16/h2-8,10H,1,9,11-12H2,(H,17,18). The van der Waals surface area contributed by atoms with Crippen molar-refractivity contribution in [2.24, 2.45) is 0 Å². The number of nitrogens with one attached hydrogen (secondary N) is 1. The monoisotopic (exact) mass is 267 g/mol. The van der Waals surface area contributed by atoms with Gasteiger partial charge < -0.3 is 9.40 Å². The summed E-state index contributed by atoms with van der Waals surface area (Å²) in [6.45, 7) is 6.08. The number of aromatic amines is 1. The fourth-order valence-corrected chi connectivity index (χ4v) is 2.28. The highest BCUT2D eigenvalue weighted by Gasteiger charge is 2.10. The van der Waals surface area contributed by atoms with Crippen LogP contribution in [0.1, 0.15) is 11.6 Å². The molecule has 0 fully saturated rings. The third kappa shape index (κ3) is 2.81. The molecule has 3 rings (SSSR count). The lowest BCUT2D eigenvalue weighted by molar-refractivity contribution is 0.255. The van der Waals surface area contributed by atoms with Crippen molar-refractivity contribution in [2.75, 3.05) is 6.54 Å². The molecule has 1 N–H and O–H groups in total. The molecule has 0 saturated carbocycles. The van der Waals surface area contributed by atoms with Gasteiger partial charge in [0, 0.05) is 6.54 Å². The first-order chi connectivity index (χ1) is 9.85. The first kappa shape index (κ1) is 12.7. The van der Waals surface area contributed by atoms with Gasteiger partial charge in [-0.1, -0.05) is 18.2 Å². The van der Waals surface area contributed by atoms with Crippen LogP contribution < -0.4 is 0 Å². The molecule has 102 valence electrons. The van der Waals surface area contributed by atoms with Gasteiger partial charge in [-0.2, -0.15) is 0 Å². The van der Waals surface area contributed by atoms with E-state index in [0.717, 1.165) is 42.3 Å². The maximum absolute atomic E-state index is 5.40. The van der Waals surface area contributed by atoms with Gasteiger partial charge >= 0.3 is 0 Å². The number of nitrogens with zero attached hydrogens (tertiary/aromatic N) is 2. The zero-order valence-electron chi connectivity index (χ0n) is 11.2. The summed E-state index contributed by atoms with van der Waals surface area (Å²) in [5.41, 5.74) is 2.07. The third-order valence-corrected chi connectivity index (χ3v) is 3.16. The summed E-state index contributed by atoms with van der Waals surface area (Å²) >= 11 is 0. The number of benzene rings is 1. The Labute approximate surface area is 117 Å². The molecular weight excluding hydrogens is 250 g/mol. The lowest BCUT2D eigenvalue weighted by atomic mass is 10.3. The first-order valence-corrected chi connectivity index (χ1v) is 6.64. The Morgan fingerprint density at radius 1 is 1.20 bits per heavy atom. The smallest absolute Gasteiger partial charge is 0.121 e. The molecule has 0 aliphatic heterocycles. The van der Waals surface area contributed by atoms with Crippen LogP contribution in [0.25, 0.3) is 11.0 Å². The van der Waals surface area contributed by atoms with Crippen molar-refractivity contribution in [3.05, 3.63) is 66.9 Å². The average Bonchev–Trinajstić information content (AvgIpc) is 3.07. The largest absolute Gasteiger partial charge is 0.468 e. The minimum atomic E-state index is 0.738. The van der Waals surface area contributed by atoms with Crippen molar-refractivity contribution in [2.45, 2.75) is 13.1 Å². The van der Waals surface area contributed by atoms with E-state index in [0.29, 0.717) is 0 Å². The Morgan fingerprint density at radius 2 is 2.10 bits per heavy atom. The second kappa shape index (κ2) is 5.75. The Morgan fingerprint density at radius 3 is 2.85 bits per heavy atom. The van der Waals surface area contributed by atoms with E-state index in [1.54, 1.807) is 6.26 Å². The minimum Gasteiger partial charge on any atom is -0.468 e. The summed E-state index contributed by atoms with van der Waals surface area (Å²) in [4.78, 5) is 10.2. The molecule has 0 aliphatic carbocycles. The Kier molecular flexibility index (Phi) is 3.65. The fraction of sp³-hybridized carbons (Fsp3) is 0.188. The number of hydrogen-bond acceptors (Lipinski definition) is 3. The lowest BCUT2D eigenvalue weighted by Crippen LogP contribution is -2.23. The third-order valence-electron chi connectivity index (χ3n) is 3.16. The molecule has 0 radical (unpaired) electrons. The van der Waals surface area contributed by atoms with E-state index in [4.69, 9.17) is 4.42 Å². The highest BCUT2D eigenvalue weighted by Crippen LogP contribution is 2.13. The second-order valence-corrected chi connectivity index (χ2v) is 4.74. The van der Waals surface area contributed by atoms with Gasteiger partial charge in [-0.3, -0.25) is 4.90 Å². The van der Waals surface area contributed by atoms with Crippen LogP contribution in [0.2, 0.25) is 0 Å². The molecule has 0 saturated heterocycles. The van der Waals surface area contributed by atoms with Crippen LogP contribution in [-0.4, -0.2) is 21.4 Å². The number of fused-ring (bicyclic) bond motifs is 1. The van der Waals surface area contributed by atoms with Gasteiger partial charge in [0.25, 0.3) is 0 Å². The zero-order chi connectivity index (χ0) is 13.8. The van der Waals surface area contributed by atoms with Crippen molar-refractivity contribution in [3.8, 4) is 0 Å². The van der Waals surface area contributed by atoms with E-state index in [2.05, 4.69) is 21.4 Å². The van der Waals surface area contributed by atoms with Crippen LogP contribution in [0.5, 0.6) is 0 Å². The molecular formula is C16H17N3O. The van der Waals surface area contributed by atoms with E-state index in [9.17, 15) is 0 Å². The quantitative estimate of drug-likeness (QED) is 0.697. The highest BCUT2D eigenvalue weighted by molar-refractivity contribution is 5.74. The molecule has 20 heavy (non-hydrogen) atoms. The maximum atomic E-state index is 5.40. The maximum Gasteiger partial charge on any atom is 0.121 e. The van der Waals surface area contributed by atoms with Crippen molar-refractivity contribution in [1.29, 1.82) is 0 Å². The number of para-hydroxylation sites is 2. The number of hydrogen-bond donors (Lipinski definition) is 1. The van der Waals surface area contributed by atoms with Gasteiger partial charge in [0.1, 0.15) is 11.6 Å². The Balaban J connectivity index is 1.76. The van der Waals surface area contributed by atoms with Gasteiger partial charge in [-0.15, -0.1) is 6.58 Å². The Hall–Kier alpha value is -2.33. The molecule has 0 atom stereocenters. The number of aromatic nitrogens is 2. The van der Waals surface area contributed by atoms with E-state index in [1.807, 2.05) is 42.5 Å². The molecule has 1 aromatic carbocycles. The number of furan rings is 1. The molecule has 0 bridgehead atoms. The molecule has 0 spiro atoms. The van der Waals surface area contributed by atoms with Gasteiger partial charge in [0.05, 0.1) is 30.4 Å². The zero-order valence-corrected chi connectivity index (χ0v) is 11.2. The number of H-pyrrole nitrogens is 1. The van der Waals surface area contributed by atoms with Gasteiger partial charge in [0.2, 0.25) is 0 Å². The van der Waals surface area contributed by atoms with Crippen molar-refractivity contribution in [1.82, 2.24) is 14.9 Å². The van der Waals surface area contributed by atoms with E-state index >= 15 is 0 Å². The molecule has 0 amide bonds. The van der Waals surface area contributed by atoms with Crippen LogP contribution in [0.15, 0.2) is 59.7 Å². The highest BCUT2D eigenvalue weighted by atomic mass is 16.3. The Bertz CT molecular complexity index is 652. The van der Waals surface area contributed by atoms with Crippen LogP contribution in [-0.2, 0) is 13.1 Å². The van der Waals surface area contributed by atoms with Crippen LogP contribution in [0.4, 0.5) is 0 Å². The van der Waals surface area contributed by atoms with Gasteiger partial charge in [-0.25, -0.2) is 4.98 Å². The predicted molar refractivity (Wildman–Crippen MR) is 79.1 cm³/mol. The second-order valence-electron chi connectivity index (χ2n) is 4.74. The molecule has 3 aromatic rings.